The molecule has 0 fully saturated rings. The third kappa shape index (κ3) is 5.34. The molecule has 1 amide bonds. The molecule has 11 heteroatoms. The first-order valence-corrected chi connectivity index (χ1v) is 15.5. The van der Waals surface area contributed by atoms with Gasteiger partial charge in [0.2, 0.25) is 0 Å². The van der Waals surface area contributed by atoms with Crippen molar-refractivity contribution in [1.29, 1.82) is 0 Å². The Bertz CT molecular complexity index is 1490. The minimum Gasteiger partial charge on any atom is -0.456 e. The van der Waals surface area contributed by atoms with Crippen LogP contribution in [0.1, 0.15) is 54.7 Å². The van der Waals surface area contributed by atoms with Crippen LogP contribution in [-0.4, -0.2) is 99.9 Å². The van der Waals surface area contributed by atoms with Gasteiger partial charge in [0.05, 0.1) is 12.8 Å². The molecule has 2 aliphatic rings. The lowest BCUT2D eigenvalue weighted by molar-refractivity contribution is -0.100. The van der Waals surface area contributed by atoms with Crippen molar-refractivity contribution in [3.63, 3.8) is 0 Å². The van der Waals surface area contributed by atoms with Crippen molar-refractivity contribution >= 4 is 23.5 Å². The van der Waals surface area contributed by atoms with Gasteiger partial charge >= 0.3 is 0 Å². The zero-order valence-corrected chi connectivity index (χ0v) is 26.0. The van der Waals surface area contributed by atoms with Gasteiger partial charge in [-0.1, -0.05) is 30.3 Å². The molecule has 0 saturated carbocycles. The third-order valence-corrected chi connectivity index (χ3v) is 8.86. The standard InChI is InChI=1S/C34H42N4O7/c1-5-36(6-2)21-13-15-25-29(17-21)45-30-18-22(37(7-3)8-4)14-16-26(30)34(25)24-12-10-9-11-23(24)33(44)38(34)35-19-27(40)31(42)32(43)28(41)20-39/h9-19,27-28,31-32,39-43H,5-8,20H2,1-4H3/b35-19+/t27-,28+,31+,32+/m0/s1. The summed E-state index contributed by atoms with van der Waals surface area (Å²) in [6.45, 7) is 10.7. The van der Waals surface area contributed by atoms with Gasteiger partial charge in [0.1, 0.15) is 41.5 Å². The molecular weight excluding hydrogens is 576 g/mol. The Morgan fingerprint density at radius 1 is 0.800 bits per heavy atom. The average Bonchev–Trinajstić information content (AvgIpc) is 3.31. The Morgan fingerprint density at radius 2 is 1.33 bits per heavy atom. The minimum atomic E-state index is -1.88. The van der Waals surface area contributed by atoms with E-state index in [1.54, 1.807) is 12.1 Å². The largest absolute Gasteiger partial charge is 0.456 e. The maximum atomic E-state index is 14.2. The molecule has 3 aromatic carbocycles. The second kappa shape index (κ2) is 13.2. The molecule has 2 heterocycles. The maximum Gasteiger partial charge on any atom is 0.275 e. The number of hydrazone groups is 1. The average molecular weight is 619 g/mol. The van der Waals surface area contributed by atoms with E-state index in [1.165, 1.54) is 5.01 Å². The lowest BCUT2D eigenvalue weighted by Crippen LogP contribution is -2.47. The fourth-order valence-electron chi connectivity index (χ4n) is 6.41. The number of hydrogen-bond acceptors (Lipinski definition) is 10. The van der Waals surface area contributed by atoms with Crippen LogP contribution < -0.4 is 14.5 Å². The van der Waals surface area contributed by atoms with Crippen LogP contribution in [0, 0.1) is 0 Å². The molecule has 0 aliphatic carbocycles. The first kappa shape index (κ1) is 32.4. The van der Waals surface area contributed by atoms with E-state index in [0.717, 1.165) is 43.8 Å². The van der Waals surface area contributed by atoms with E-state index in [2.05, 4.69) is 42.6 Å². The number of ether oxygens (including phenoxy) is 1. The van der Waals surface area contributed by atoms with Crippen LogP contribution in [0.15, 0.2) is 65.8 Å². The Balaban J connectivity index is 1.75. The lowest BCUT2D eigenvalue weighted by Gasteiger charge is -2.42. The van der Waals surface area contributed by atoms with E-state index in [1.807, 2.05) is 48.5 Å². The summed E-state index contributed by atoms with van der Waals surface area (Å²) < 4.78 is 6.64. The smallest absolute Gasteiger partial charge is 0.275 e. The van der Waals surface area contributed by atoms with Crippen LogP contribution in [0.5, 0.6) is 11.5 Å². The van der Waals surface area contributed by atoms with Gasteiger partial charge < -0.3 is 40.1 Å². The minimum absolute atomic E-state index is 0.417. The second-order valence-electron chi connectivity index (χ2n) is 11.2. The van der Waals surface area contributed by atoms with Gasteiger partial charge in [-0.05, 0) is 45.9 Å². The lowest BCUT2D eigenvalue weighted by atomic mass is 9.75. The zero-order valence-electron chi connectivity index (χ0n) is 26.0. The molecule has 2 aliphatic heterocycles. The van der Waals surface area contributed by atoms with Gasteiger partial charge in [-0.3, -0.25) is 4.79 Å². The molecule has 0 unspecified atom stereocenters. The fourth-order valence-corrected chi connectivity index (χ4v) is 6.41. The van der Waals surface area contributed by atoms with E-state index in [4.69, 9.17) is 4.74 Å². The van der Waals surface area contributed by atoms with E-state index in [-0.39, 0.29) is 0 Å². The predicted octanol–water partition coefficient (Wildman–Crippen LogP) is 2.65. The van der Waals surface area contributed by atoms with E-state index in [0.29, 0.717) is 33.8 Å². The highest BCUT2D eigenvalue weighted by Crippen LogP contribution is 2.58. The summed E-state index contributed by atoms with van der Waals surface area (Å²) in [5, 5.41) is 56.2. The van der Waals surface area contributed by atoms with Crippen molar-refractivity contribution in [3.8, 4) is 11.5 Å². The Kier molecular flexibility index (Phi) is 9.47. The second-order valence-corrected chi connectivity index (χ2v) is 11.2. The van der Waals surface area contributed by atoms with Gasteiger partial charge in [0, 0.05) is 71.9 Å². The first-order chi connectivity index (χ1) is 21.7. The van der Waals surface area contributed by atoms with Crippen LogP contribution in [0.25, 0.3) is 0 Å². The summed E-state index contributed by atoms with van der Waals surface area (Å²) in [6.07, 6.45) is -6.22. The molecule has 240 valence electrons. The summed E-state index contributed by atoms with van der Waals surface area (Å²) in [5.41, 5.74) is 3.05. The van der Waals surface area contributed by atoms with Crippen LogP contribution >= 0.6 is 0 Å². The summed E-state index contributed by atoms with van der Waals surface area (Å²) in [4.78, 5) is 18.6. The van der Waals surface area contributed by atoms with E-state index in [9.17, 15) is 30.3 Å². The van der Waals surface area contributed by atoms with Crippen LogP contribution in [0.4, 0.5) is 11.4 Å². The number of benzene rings is 3. The highest BCUT2D eigenvalue weighted by atomic mass is 16.5. The number of carbonyl (C=O) groups is 1. The van der Waals surface area contributed by atoms with Crippen molar-refractivity contribution < 1.29 is 35.1 Å². The summed E-state index contributed by atoms with van der Waals surface area (Å²) in [7, 11) is 0. The molecule has 5 N–H and O–H groups in total. The molecule has 11 nitrogen and oxygen atoms in total. The van der Waals surface area contributed by atoms with Gasteiger partial charge in [0.15, 0.2) is 0 Å². The number of nitrogens with zero attached hydrogens (tertiary/aromatic N) is 4. The van der Waals surface area contributed by atoms with Crippen molar-refractivity contribution in [2.24, 2.45) is 5.10 Å². The Labute approximate surface area is 263 Å². The summed E-state index contributed by atoms with van der Waals surface area (Å²) >= 11 is 0. The molecule has 0 saturated heterocycles. The Morgan fingerprint density at radius 3 is 1.84 bits per heavy atom. The first-order valence-electron chi connectivity index (χ1n) is 15.5. The number of fused-ring (bicyclic) bond motifs is 6. The van der Waals surface area contributed by atoms with Gasteiger partial charge in [0.25, 0.3) is 5.91 Å². The number of carbonyl (C=O) groups excluding carboxylic acids is 1. The monoisotopic (exact) mass is 618 g/mol. The fraction of sp³-hybridized carbons (Fsp3) is 0.412. The molecule has 0 radical (unpaired) electrons. The van der Waals surface area contributed by atoms with Crippen LogP contribution in [-0.2, 0) is 5.54 Å². The Hall–Kier alpha value is -4.00. The van der Waals surface area contributed by atoms with Gasteiger partial charge in [-0.15, -0.1) is 0 Å². The predicted molar refractivity (Wildman–Crippen MR) is 172 cm³/mol. The number of aliphatic hydroxyl groups is 5. The summed E-state index contributed by atoms with van der Waals surface area (Å²) in [6, 6.07) is 19.0. The van der Waals surface area contributed by atoms with Crippen molar-refractivity contribution in [2.45, 2.75) is 57.6 Å². The topological polar surface area (TPSA) is 150 Å². The maximum absolute atomic E-state index is 14.2. The number of rotatable bonds is 12. The van der Waals surface area contributed by atoms with Crippen LogP contribution in [0.2, 0.25) is 0 Å². The van der Waals surface area contributed by atoms with E-state index < -0.39 is 42.5 Å². The third-order valence-electron chi connectivity index (χ3n) is 8.86. The molecular formula is C34H42N4O7. The number of hydrogen-bond donors (Lipinski definition) is 5. The van der Waals surface area contributed by atoms with Crippen LogP contribution in [0.3, 0.4) is 0 Å². The van der Waals surface area contributed by atoms with Gasteiger partial charge in [-0.2, -0.15) is 5.10 Å². The molecule has 4 atom stereocenters. The molecule has 3 aromatic rings. The van der Waals surface area contributed by atoms with Crippen molar-refractivity contribution in [2.75, 3.05) is 42.6 Å². The molecule has 0 bridgehead atoms. The number of aliphatic hydroxyl groups excluding tert-OH is 5. The summed E-state index contributed by atoms with van der Waals surface area (Å²) in [5.74, 6) is 0.671. The zero-order chi connectivity index (χ0) is 32.5. The quantitative estimate of drug-likeness (QED) is 0.193. The number of anilines is 2. The van der Waals surface area contributed by atoms with E-state index >= 15 is 0 Å². The molecule has 5 rings (SSSR count). The van der Waals surface area contributed by atoms with Crippen molar-refractivity contribution in [3.05, 3.63) is 82.9 Å². The number of amides is 1. The SMILES string of the molecule is CCN(CC)c1ccc2c(c1)Oc1cc(N(CC)CC)ccc1C21c2ccccc2C(=O)N1/N=C/[C@H](O)[C@@H](O)[C@H](O)[C@H](O)CO. The molecule has 45 heavy (non-hydrogen) atoms. The highest BCUT2D eigenvalue weighted by Gasteiger charge is 2.57. The molecule has 0 aromatic heterocycles. The van der Waals surface area contributed by atoms with Crippen molar-refractivity contribution in [1.82, 2.24) is 5.01 Å². The normalized spacial score (nSPS) is 17.4. The van der Waals surface area contributed by atoms with Gasteiger partial charge in [-0.25, -0.2) is 5.01 Å². The molecule has 1 spiro atoms. The highest BCUT2D eigenvalue weighted by molar-refractivity contribution is 6.02.